The van der Waals surface area contributed by atoms with Crippen LogP contribution in [-0.2, 0) is 16.1 Å². The molecule has 3 N–H and O–H groups in total. The van der Waals surface area contributed by atoms with Crippen LogP contribution in [0.25, 0.3) is 0 Å². The van der Waals surface area contributed by atoms with Gasteiger partial charge in [0.2, 0.25) is 0 Å². The van der Waals surface area contributed by atoms with E-state index in [2.05, 4.69) is 25.0 Å². The zero-order valence-electron chi connectivity index (χ0n) is 15.0. The van der Waals surface area contributed by atoms with Gasteiger partial charge in [-0.15, -0.1) is 0 Å². The third-order valence-electron chi connectivity index (χ3n) is 3.87. The van der Waals surface area contributed by atoms with E-state index in [0.717, 1.165) is 12.1 Å². The standard InChI is InChI=1S/C17H15ClF3N5O3/c1-28-6-8-4-9(18)12(23-5-8)15(27)25-11-3-2-10(19)13(24-11)14-17(20,21)7-29-16(22)26-14/h2-5,14H,6-7H2,1H3,(H2,22,26)(H,24,25,27)/t14-/m1/s1. The lowest BCUT2D eigenvalue weighted by Crippen LogP contribution is -2.40. The van der Waals surface area contributed by atoms with Crippen molar-refractivity contribution in [3.05, 3.63) is 52.2 Å². The molecule has 1 aliphatic rings. The maximum Gasteiger partial charge on any atom is 0.309 e. The lowest BCUT2D eigenvalue weighted by molar-refractivity contribution is -0.0798. The molecular formula is C17H15ClF3N5O3. The number of carbonyl (C=O) groups is 1. The quantitative estimate of drug-likeness (QED) is 0.755. The predicted octanol–water partition coefficient (Wildman–Crippen LogP) is 2.69. The van der Waals surface area contributed by atoms with Crippen molar-refractivity contribution in [2.75, 3.05) is 19.0 Å². The fourth-order valence-corrected chi connectivity index (χ4v) is 2.83. The number of hydrogen-bond acceptors (Lipinski definition) is 7. The second-order valence-electron chi connectivity index (χ2n) is 6.04. The number of amidine groups is 1. The molecule has 154 valence electrons. The van der Waals surface area contributed by atoms with Crippen LogP contribution in [0, 0.1) is 5.82 Å². The Hall–Kier alpha value is -2.92. The van der Waals surface area contributed by atoms with Crippen LogP contribution < -0.4 is 11.1 Å². The zero-order valence-corrected chi connectivity index (χ0v) is 15.7. The van der Waals surface area contributed by atoms with Gasteiger partial charge in [0.25, 0.3) is 11.9 Å². The number of rotatable bonds is 5. The first kappa shape index (κ1) is 20.8. The van der Waals surface area contributed by atoms with Gasteiger partial charge in [-0.25, -0.2) is 19.4 Å². The maximum atomic E-state index is 14.2. The first-order chi connectivity index (χ1) is 13.7. The van der Waals surface area contributed by atoms with E-state index in [1.54, 1.807) is 0 Å². The Morgan fingerprint density at radius 3 is 2.93 bits per heavy atom. The summed E-state index contributed by atoms with van der Waals surface area (Å²) in [7, 11) is 1.49. The van der Waals surface area contributed by atoms with Crippen LogP contribution in [-0.4, -0.2) is 41.5 Å². The van der Waals surface area contributed by atoms with E-state index in [0.29, 0.717) is 5.56 Å². The second-order valence-corrected chi connectivity index (χ2v) is 6.45. The minimum Gasteiger partial charge on any atom is -0.459 e. The zero-order chi connectivity index (χ0) is 21.2. The summed E-state index contributed by atoms with van der Waals surface area (Å²) in [6, 6.07) is 0.976. The molecule has 0 unspecified atom stereocenters. The molecule has 0 radical (unpaired) electrons. The van der Waals surface area contributed by atoms with Gasteiger partial charge >= 0.3 is 5.92 Å². The molecule has 12 heteroatoms. The number of alkyl halides is 2. The number of methoxy groups -OCH3 is 1. The molecule has 8 nitrogen and oxygen atoms in total. The Labute approximate surface area is 167 Å². The van der Waals surface area contributed by atoms with Crippen molar-refractivity contribution in [2.24, 2.45) is 10.7 Å². The number of pyridine rings is 2. The Morgan fingerprint density at radius 1 is 1.48 bits per heavy atom. The third-order valence-corrected chi connectivity index (χ3v) is 4.15. The monoisotopic (exact) mass is 429 g/mol. The molecule has 1 amide bonds. The number of aromatic nitrogens is 2. The molecule has 0 aromatic carbocycles. The van der Waals surface area contributed by atoms with Gasteiger partial charge in [0.05, 0.1) is 11.6 Å². The molecule has 0 fully saturated rings. The summed E-state index contributed by atoms with van der Waals surface area (Å²) >= 11 is 6.05. The van der Waals surface area contributed by atoms with Crippen molar-refractivity contribution in [2.45, 2.75) is 18.6 Å². The second kappa shape index (κ2) is 8.21. The van der Waals surface area contributed by atoms with Crippen LogP contribution in [0.4, 0.5) is 19.0 Å². The fourth-order valence-electron chi connectivity index (χ4n) is 2.55. The Bertz CT molecular complexity index is 973. The highest BCUT2D eigenvalue weighted by Gasteiger charge is 2.47. The summed E-state index contributed by atoms with van der Waals surface area (Å²) in [6.07, 6.45) is 1.40. The molecule has 0 spiro atoms. The summed E-state index contributed by atoms with van der Waals surface area (Å²) in [5, 5.41) is 2.39. The van der Waals surface area contributed by atoms with E-state index < -0.39 is 42.0 Å². The minimum atomic E-state index is -3.54. The summed E-state index contributed by atoms with van der Waals surface area (Å²) < 4.78 is 51.8. The van der Waals surface area contributed by atoms with E-state index in [4.69, 9.17) is 22.1 Å². The molecule has 3 heterocycles. The van der Waals surface area contributed by atoms with Crippen molar-refractivity contribution in [1.82, 2.24) is 9.97 Å². The number of hydrogen-bond donors (Lipinski definition) is 2. The molecule has 0 saturated heterocycles. The molecule has 29 heavy (non-hydrogen) atoms. The van der Waals surface area contributed by atoms with Gasteiger partial charge in [-0.05, 0) is 23.8 Å². The molecule has 0 bridgehead atoms. The van der Waals surface area contributed by atoms with Crippen LogP contribution in [0.1, 0.15) is 27.8 Å². The average molecular weight is 430 g/mol. The van der Waals surface area contributed by atoms with Crippen molar-refractivity contribution in [3.8, 4) is 0 Å². The van der Waals surface area contributed by atoms with E-state index >= 15 is 0 Å². The largest absolute Gasteiger partial charge is 0.459 e. The highest BCUT2D eigenvalue weighted by atomic mass is 35.5. The SMILES string of the molecule is COCc1cnc(C(=O)Nc2ccc(F)c([C@H]3N=C(N)OCC3(F)F)n2)c(Cl)c1. The van der Waals surface area contributed by atoms with E-state index in [9.17, 15) is 18.0 Å². The normalized spacial score (nSPS) is 18.0. The Kier molecular flexibility index (Phi) is 5.89. The van der Waals surface area contributed by atoms with Crippen LogP contribution in [0.2, 0.25) is 5.02 Å². The molecule has 0 aliphatic carbocycles. The summed E-state index contributed by atoms with van der Waals surface area (Å²) in [6.45, 7) is -0.821. The van der Waals surface area contributed by atoms with Crippen LogP contribution in [0.15, 0.2) is 29.4 Å². The number of halogens is 4. The fraction of sp³-hybridized carbons (Fsp3) is 0.294. The predicted molar refractivity (Wildman–Crippen MR) is 97.4 cm³/mol. The maximum absolute atomic E-state index is 14.2. The minimum absolute atomic E-state index is 0.0488. The van der Waals surface area contributed by atoms with Crippen LogP contribution >= 0.6 is 11.6 Å². The average Bonchev–Trinajstić information content (AvgIpc) is 2.66. The number of nitrogens with zero attached hydrogens (tertiary/aromatic N) is 3. The van der Waals surface area contributed by atoms with E-state index in [1.807, 2.05) is 0 Å². The number of amides is 1. The highest BCUT2D eigenvalue weighted by molar-refractivity contribution is 6.34. The van der Waals surface area contributed by atoms with Crippen molar-refractivity contribution >= 4 is 29.3 Å². The summed E-state index contributed by atoms with van der Waals surface area (Å²) in [4.78, 5) is 23.6. The molecule has 1 aliphatic heterocycles. The smallest absolute Gasteiger partial charge is 0.309 e. The summed E-state index contributed by atoms with van der Waals surface area (Å²) in [5.41, 5.74) is 5.15. The number of aliphatic imine (C=N–C) groups is 1. The number of nitrogens with one attached hydrogen (secondary N) is 1. The van der Waals surface area contributed by atoms with Gasteiger partial charge in [0.15, 0.2) is 12.6 Å². The molecule has 0 saturated carbocycles. The van der Waals surface area contributed by atoms with Crippen molar-refractivity contribution in [1.29, 1.82) is 0 Å². The topological polar surface area (TPSA) is 112 Å². The van der Waals surface area contributed by atoms with E-state index in [1.165, 1.54) is 19.4 Å². The third kappa shape index (κ3) is 4.57. The summed E-state index contributed by atoms with van der Waals surface area (Å²) in [5.74, 6) is -5.53. The Balaban J connectivity index is 1.87. The van der Waals surface area contributed by atoms with E-state index in [-0.39, 0.29) is 23.1 Å². The van der Waals surface area contributed by atoms with Gasteiger partial charge in [0, 0.05) is 13.3 Å². The molecule has 1 atom stereocenters. The highest BCUT2D eigenvalue weighted by Crippen LogP contribution is 2.38. The number of ether oxygens (including phenoxy) is 2. The van der Waals surface area contributed by atoms with Gasteiger partial charge in [-0.3, -0.25) is 4.79 Å². The Morgan fingerprint density at radius 2 is 2.24 bits per heavy atom. The van der Waals surface area contributed by atoms with Crippen molar-refractivity contribution in [3.63, 3.8) is 0 Å². The van der Waals surface area contributed by atoms with Crippen LogP contribution in [0.3, 0.4) is 0 Å². The van der Waals surface area contributed by atoms with Gasteiger partial charge in [-0.1, -0.05) is 11.6 Å². The first-order valence-electron chi connectivity index (χ1n) is 8.16. The molecule has 3 rings (SSSR count). The number of nitrogens with two attached hydrogens (primary N) is 1. The molecular weight excluding hydrogens is 415 g/mol. The van der Waals surface area contributed by atoms with Gasteiger partial charge in [-0.2, -0.15) is 8.78 Å². The van der Waals surface area contributed by atoms with Gasteiger partial charge in [0.1, 0.15) is 23.0 Å². The molecule has 2 aromatic rings. The van der Waals surface area contributed by atoms with Crippen molar-refractivity contribution < 1.29 is 27.4 Å². The molecule has 2 aromatic heterocycles. The lowest BCUT2D eigenvalue weighted by Gasteiger charge is -2.27. The first-order valence-corrected chi connectivity index (χ1v) is 8.54. The van der Waals surface area contributed by atoms with Crippen LogP contribution in [0.5, 0.6) is 0 Å². The van der Waals surface area contributed by atoms with Gasteiger partial charge < -0.3 is 20.5 Å². The number of anilines is 1. The lowest BCUT2D eigenvalue weighted by atomic mass is 10.1. The number of carbonyl (C=O) groups excluding carboxylic acids is 1.